The molecular formula is C24H24ClFN4O. The van der Waals surface area contributed by atoms with Gasteiger partial charge in [0, 0.05) is 47.1 Å². The molecule has 2 heterocycles. The summed E-state index contributed by atoms with van der Waals surface area (Å²) in [6, 6.07) is 13.9. The van der Waals surface area contributed by atoms with E-state index in [4.69, 9.17) is 11.6 Å². The average molecular weight is 439 g/mol. The van der Waals surface area contributed by atoms with Crippen LogP contribution in [-0.2, 0) is 4.79 Å². The number of anilines is 2. The Morgan fingerprint density at radius 3 is 2.68 bits per heavy atom. The zero-order valence-corrected chi connectivity index (χ0v) is 18.0. The van der Waals surface area contributed by atoms with Crippen LogP contribution in [0.5, 0.6) is 0 Å². The number of carbonyl (C=O) groups is 1. The minimum atomic E-state index is -0.255. The quantitative estimate of drug-likeness (QED) is 0.593. The Balaban J connectivity index is 1.14. The van der Waals surface area contributed by atoms with Crippen molar-refractivity contribution in [2.24, 2.45) is 5.41 Å². The molecule has 31 heavy (non-hydrogen) atoms. The number of rotatable bonds is 5. The molecule has 1 aromatic heterocycles. The van der Waals surface area contributed by atoms with Crippen molar-refractivity contribution in [3.63, 3.8) is 0 Å². The average Bonchev–Trinajstić information content (AvgIpc) is 2.70. The number of nitrogens with one attached hydrogen (secondary N) is 2. The van der Waals surface area contributed by atoms with Gasteiger partial charge in [-0.05, 0) is 73.7 Å². The number of amides is 1. The van der Waals surface area contributed by atoms with Crippen LogP contribution in [0.15, 0.2) is 54.7 Å². The molecule has 1 aliphatic carbocycles. The lowest BCUT2D eigenvalue weighted by Crippen LogP contribution is -2.67. The highest BCUT2D eigenvalue weighted by atomic mass is 35.5. The number of fused-ring (bicyclic) bond motifs is 1. The molecule has 1 saturated carbocycles. The van der Waals surface area contributed by atoms with Crippen molar-refractivity contribution in [3.05, 3.63) is 65.6 Å². The summed E-state index contributed by atoms with van der Waals surface area (Å²) >= 11 is 5.90. The first-order chi connectivity index (χ1) is 14.9. The van der Waals surface area contributed by atoms with Crippen molar-refractivity contribution < 1.29 is 9.18 Å². The number of benzene rings is 2. The van der Waals surface area contributed by atoms with Crippen molar-refractivity contribution in [2.75, 3.05) is 23.7 Å². The standard InChI is InChI=1S/C24H24ClFN4O/c1-15(23(31)29-18-5-2-16(25)3-6-18)30-13-24(14-30)11-19(12-24)28-22-8-9-27-21-7-4-17(26)10-20(21)22/h2-10,15,19H,11-14H2,1H3,(H,27,28)(H,29,31). The third-order valence-corrected chi connectivity index (χ3v) is 6.79. The van der Waals surface area contributed by atoms with E-state index in [-0.39, 0.29) is 23.2 Å². The molecule has 5 nitrogen and oxygen atoms in total. The summed E-state index contributed by atoms with van der Waals surface area (Å²) in [5.41, 5.74) is 2.75. The van der Waals surface area contributed by atoms with E-state index in [1.807, 2.05) is 13.0 Å². The van der Waals surface area contributed by atoms with Crippen molar-refractivity contribution in [2.45, 2.75) is 31.8 Å². The molecule has 0 bridgehead atoms. The van der Waals surface area contributed by atoms with Gasteiger partial charge in [0.05, 0.1) is 11.6 Å². The van der Waals surface area contributed by atoms with Gasteiger partial charge in [-0.3, -0.25) is 14.7 Å². The van der Waals surface area contributed by atoms with E-state index < -0.39 is 0 Å². The molecule has 1 saturated heterocycles. The van der Waals surface area contributed by atoms with E-state index in [1.165, 1.54) is 12.1 Å². The highest BCUT2D eigenvalue weighted by Gasteiger charge is 2.53. The summed E-state index contributed by atoms with van der Waals surface area (Å²) in [5.74, 6) is -0.259. The lowest BCUT2D eigenvalue weighted by atomic mass is 9.60. The van der Waals surface area contributed by atoms with Gasteiger partial charge in [0.2, 0.25) is 5.91 Å². The van der Waals surface area contributed by atoms with Gasteiger partial charge in [0.15, 0.2) is 0 Å². The maximum atomic E-state index is 13.7. The first-order valence-corrected chi connectivity index (χ1v) is 10.9. The van der Waals surface area contributed by atoms with Crippen LogP contribution in [0.4, 0.5) is 15.8 Å². The highest BCUT2D eigenvalue weighted by molar-refractivity contribution is 6.30. The number of carbonyl (C=O) groups excluding carboxylic acids is 1. The van der Waals surface area contributed by atoms with Crippen LogP contribution in [0.1, 0.15) is 19.8 Å². The molecule has 2 aromatic carbocycles. The van der Waals surface area contributed by atoms with Crippen LogP contribution in [0, 0.1) is 11.2 Å². The first kappa shape index (κ1) is 20.2. The Labute approximate surface area is 185 Å². The Morgan fingerprint density at radius 1 is 1.19 bits per heavy atom. The van der Waals surface area contributed by atoms with Crippen molar-refractivity contribution >= 4 is 39.8 Å². The summed E-state index contributed by atoms with van der Waals surface area (Å²) in [7, 11) is 0. The minimum absolute atomic E-state index is 0.00328. The molecule has 5 rings (SSSR count). The van der Waals surface area contributed by atoms with Crippen LogP contribution in [0.3, 0.4) is 0 Å². The van der Waals surface area contributed by atoms with Crippen LogP contribution in [-0.4, -0.2) is 41.0 Å². The molecule has 160 valence electrons. The highest BCUT2D eigenvalue weighted by Crippen LogP contribution is 2.50. The van der Waals surface area contributed by atoms with Crippen LogP contribution in [0.25, 0.3) is 10.9 Å². The van der Waals surface area contributed by atoms with Crippen molar-refractivity contribution in [1.29, 1.82) is 0 Å². The summed E-state index contributed by atoms with van der Waals surface area (Å²) < 4.78 is 13.7. The summed E-state index contributed by atoms with van der Waals surface area (Å²) in [6.45, 7) is 3.79. The van der Waals surface area contributed by atoms with Gasteiger partial charge in [-0.15, -0.1) is 0 Å². The molecule has 2 N–H and O–H groups in total. The van der Waals surface area contributed by atoms with Crippen LogP contribution >= 0.6 is 11.6 Å². The number of hydrogen-bond acceptors (Lipinski definition) is 4. The fourth-order valence-corrected chi connectivity index (χ4v) is 4.97. The van der Waals surface area contributed by atoms with Gasteiger partial charge in [-0.2, -0.15) is 0 Å². The Morgan fingerprint density at radius 2 is 1.94 bits per heavy atom. The Bertz CT molecular complexity index is 1120. The Kier molecular flexibility index (Phi) is 5.07. The molecular weight excluding hydrogens is 415 g/mol. The molecule has 2 fully saturated rings. The van der Waals surface area contributed by atoms with E-state index in [9.17, 15) is 9.18 Å². The predicted molar refractivity (Wildman–Crippen MR) is 122 cm³/mol. The van der Waals surface area contributed by atoms with Gasteiger partial charge in [-0.25, -0.2) is 4.39 Å². The van der Waals surface area contributed by atoms with Gasteiger partial charge >= 0.3 is 0 Å². The SMILES string of the molecule is CC(C(=O)Nc1ccc(Cl)cc1)N1CC2(CC(Nc3ccnc4ccc(F)cc34)C2)C1. The Hall–Kier alpha value is -2.70. The number of halogens is 2. The van der Waals surface area contributed by atoms with E-state index in [2.05, 4.69) is 20.5 Å². The van der Waals surface area contributed by atoms with Crippen LogP contribution < -0.4 is 10.6 Å². The van der Waals surface area contributed by atoms with Gasteiger partial charge in [-0.1, -0.05) is 11.6 Å². The molecule has 7 heteroatoms. The lowest BCUT2D eigenvalue weighted by Gasteiger charge is -2.60. The molecule has 1 amide bonds. The second kappa shape index (κ2) is 7.77. The smallest absolute Gasteiger partial charge is 0.241 e. The van der Waals surface area contributed by atoms with Crippen molar-refractivity contribution in [1.82, 2.24) is 9.88 Å². The second-order valence-electron chi connectivity index (χ2n) is 8.85. The molecule has 3 aromatic rings. The summed E-state index contributed by atoms with van der Waals surface area (Å²) in [5, 5.41) is 7.98. The zero-order valence-electron chi connectivity index (χ0n) is 17.2. The van der Waals surface area contributed by atoms with Crippen molar-refractivity contribution in [3.8, 4) is 0 Å². The van der Waals surface area contributed by atoms with Gasteiger partial charge in [0.25, 0.3) is 0 Å². The number of pyridine rings is 1. The molecule has 1 aliphatic heterocycles. The summed E-state index contributed by atoms with van der Waals surface area (Å²) in [6.07, 6.45) is 3.85. The summed E-state index contributed by atoms with van der Waals surface area (Å²) in [4.78, 5) is 19.1. The third kappa shape index (κ3) is 3.98. The molecule has 1 spiro atoms. The monoisotopic (exact) mass is 438 g/mol. The number of aromatic nitrogens is 1. The molecule has 1 unspecified atom stereocenters. The fourth-order valence-electron chi connectivity index (χ4n) is 4.85. The number of nitrogens with zero attached hydrogens (tertiary/aromatic N) is 2. The largest absolute Gasteiger partial charge is 0.382 e. The first-order valence-electron chi connectivity index (χ1n) is 10.5. The lowest BCUT2D eigenvalue weighted by molar-refractivity contribution is -0.132. The maximum Gasteiger partial charge on any atom is 0.241 e. The zero-order chi connectivity index (χ0) is 21.6. The van der Waals surface area contributed by atoms with E-state index >= 15 is 0 Å². The molecule has 1 atom stereocenters. The number of likely N-dealkylation sites (tertiary alicyclic amines) is 1. The molecule has 2 aliphatic rings. The second-order valence-corrected chi connectivity index (χ2v) is 9.28. The van der Waals surface area contributed by atoms with Crippen LogP contribution in [0.2, 0.25) is 5.02 Å². The minimum Gasteiger partial charge on any atom is -0.382 e. The normalized spacial score (nSPS) is 18.9. The van der Waals surface area contributed by atoms with Gasteiger partial charge < -0.3 is 10.6 Å². The van der Waals surface area contributed by atoms with E-state index in [0.29, 0.717) is 11.1 Å². The van der Waals surface area contributed by atoms with E-state index in [0.717, 1.165) is 48.2 Å². The van der Waals surface area contributed by atoms with E-state index in [1.54, 1.807) is 36.5 Å². The topological polar surface area (TPSA) is 57.3 Å². The fraction of sp³-hybridized carbons (Fsp3) is 0.333. The van der Waals surface area contributed by atoms with Gasteiger partial charge in [0.1, 0.15) is 5.82 Å². The molecule has 0 radical (unpaired) electrons. The third-order valence-electron chi connectivity index (χ3n) is 6.54. The predicted octanol–water partition coefficient (Wildman–Crippen LogP) is 4.93. The number of hydrogen-bond donors (Lipinski definition) is 2. The maximum absolute atomic E-state index is 13.7.